The van der Waals surface area contributed by atoms with E-state index < -0.39 is 24.3 Å². The molecule has 158 valence electrons. The van der Waals surface area contributed by atoms with Crippen LogP contribution in [-0.4, -0.2) is 27.6 Å². The van der Waals surface area contributed by atoms with Crippen LogP contribution in [0.25, 0.3) is 10.9 Å². The molecule has 2 heterocycles. The predicted molar refractivity (Wildman–Crippen MR) is 115 cm³/mol. The lowest BCUT2D eigenvalue weighted by molar-refractivity contribution is -0.305. The lowest BCUT2D eigenvalue weighted by Crippen LogP contribution is -2.32. The molecule has 1 aliphatic heterocycles. The number of carbonyl (C=O) groups excluding carboxylic acids is 2. The van der Waals surface area contributed by atoms with Crippen molar-refractivity contribution in [3.63, 3.8) is 0 Å². The number of hydrogen-bond donors (Lipinski definition) is 1. The van der Waals surface area contributed by atoms with Crippen molar-refractivity contribution < 1.29 is 14.7 Å². The van der Waals surface area contributed by atoms with E-state index in [4.69, 9.17) is 0 Å². The Morgan fingerprint density at radius 1 is 1.13 bits per heavy atom. The minimum atomic E-state index is -1.30. The van der Waals surface area contributed by atoms with Crippen molar-refractivity contribution in [1.82, 2.24) is 9.99 Å². The fraction of sp³-hybridized carbons (Fsp3) is 0.250. The summed E-state index contributed by atoms with van der Waals surface area (Å²) in [5, 5.41) is 17.5. The molecule has 4 rings (SSSR count). The highest BCUT2D eigenvalue weighted by Crippen LogP contribution is 2.33. The molecule has 0 radical (unpaired) electrons. The Labute approximate surface area is 179 Å². The van der Waals surface area contributed by atoms with Crippen molar-refractivity contribution in [2.75, 3.05) is 0 Å². The lowest BCUT2D eigenvalue weighted by atomic mass is 9.97. The average Bonchev–Trinajstić information content (AvgIpc) is 3.18. The first-order valence-corrected chi connectivity index (χ1v) is 10.1. The van der Waals surface area contributed by atoms with Gasteiger partial charge in [-0.25, -0.2) is 5.01 Å². The molecular formula is C24H22N3O4-. The van der Waals surface area contributed by atoms with Crippen LogP contribution < -0.4 is 10.7 Å². The van der Waals surface area contributed by atoms with Gasteiger partial charge >= 0.3 is 0 Å². The van der Waals surface area contributed by atoms with Crippen molar-refractivity contribution in [2.45, 2.75) is 39.2 Å². The molecule has 1 amide bonds. The summed E-state index contributed by atoms with van der Waals surface area (Å²) < 4.78 is 0. The molecule has 0 fully saturated rings. The Morgan fingerprint density at radius 2 is 1.87 bits per heavy atom. The van der Waals surface area contributed by atoms with Gasteiger partial charge in [-0.1, -0.05) is 48.0 Å². The van der Waals surface area contributed by atoms with E-state index in [1.807, 2.05) is 56.3 Å². The van der Waals surface area contributed by atoms with E-state index in [1.54, 1.807) is 6.07 Å². The second-order valence-electron chi connectivity index (χ2n) is 7.84. The van der Waals surface area contributed by atoms with E-state index in [0.29, 0.717) is 17.7 Å². The number of para-hydroxylation sites is 1. The standard InChI is InChI=1S/C24H23N3O4/c1-14-6-8-16(9-7-14)19-13-20(27(26-19)21(28)10-11-22(29)30)18-12-17-5-3-4-15(2)23(17)25-24(18)31/h3-9,12,20H,10-11,13H2,1-2H3,(H,25,31)(H,29,30)/p-1/t20-/m0/s1. The zero-order chi connectivity index (χ0) is 22.1. The van der Waals surface area contributed by atoms with Crippen LogP contribution >= 0.6 is 0 Å². The van der Waals surface area contributed by atoms with Crippen LogP contribution in [0, 0.1) is 13.8 Å². The normalized spacial score (nSPS) is 15.9. The molecule has 0 spiro atoms. The van der Waals surface area contributed by atoms with E-state index in [0.717, 1.165) is 27.6 Å². The Kier molecular flexibility index (Phi) is 5.42. The third-order valence-electron chi connectivity index (χ3n) is 5.57. The Balaban J connectivity index is 1.76. The minimum absolute atomic E-state index is 0.242. The summed E-state index contributed by atoms with van der Waals surface area (Å²) in [5.41, 5.74) is 4.47. The highest BCUT2D eigenvalue weighted by molar-refractivity contribution is 6.03. The van der Waals surface area contributed by atoms with Crippen LogP contribution in [0.2, 0.25) is 0 Å². The number of carboxylic acid groups (broad SMARTS) is 1. The number of benzene rings is 2. The molecule has 0 unspecified atom stereocenters. The third kappa shape index (κ3) is 4.12. The maximum atomic E-state index is 12.9. The number of hydrazone groups is 1. The largest absolute Gasteiger partial charge is 0.550 e. The minimum Gasteiger partial charge on any atom is -0.550 e. The maximum Gasteiger partial charge on any atom is 0.253 e. The van der Waals surface area contributed by atoms with Gasteiger partial charge in [0.15, 0.2) is 0 Å². The van der Waals surface area contributed by atoms with Crippen LogP contribution in [0.5, 0.6) is 0 Å². The third-order valence-corrected chi connectivity index (χ3v) is 5.57. The number of fused-ring (bicyclic) bond motifs is 1. The van der Waals surface area contributed by atoms with Gasteiger partial charge in [-0.15, -0.1) is 0 Å². The van der Waals surface area contributed by atoms with Gasteiger partial charge in [-0.05, 0) is 42.8 Å². The number of carbonyl (C=O) groups is 2. The van der Waals surface area contributed by atoms with Gasteiger partial charge in [0.05, 0.1) is 17.3 Å². The van der Waals surface area contributed by atoms with E-state index in [9.17, 15) is 19.5 Å². The van der Waals surface area contributed by atoms with Gasteiger partial charge < -0.3 is 14.9 Å². The van der Waals surface area contributed by atoms with Gasteiger partial charge in [0, 0.05) is 24.4 Å². The van der Waals surface area contributed by atoms with Crippen molar-refractivity contribution in [1.29, 1.82) is 0 Å². The zero-order valence-corrected chi connectivity index (χ0v) is 17.3. The number of aliphatic carboxylic acids is 1. The fourth-order valence-corrected chi connectivity index (χ4v) is 3.87. The second-order valence-corrected chi connectivity index (χ2v) is 7.84. The van der Waals surface area contributed by atoms with Gasteiger partial charge in [0.25, 0.3) is 5.56 Å². The number of hydrogen-bond acceptors (Lipinski definition) is 5. The van der Waals surface area contributed by atoms with E-state index in [-0.39, 0.29) is 12.0 Å². The summed E-state index contributed by atoms with van der Waals surface area (Å²) in [5.74, 6) is -1.76. The topological polar surface area (TPSA) is 106 Å². The maximum absolute atomic E-state index is 12.9. The summed E-state index contributed by atoms with van der Waals surface area (Å²) in [4.78, 5) is 39.5. The molecule has 1 atom stereocenters. The number of aromatic nitrogens is 1. The molecule has 7 heteroatoms. The van der Waals surface area contributed by atoms with Crippen LogP contribution in [0.1, 0.15) is 47.6 Å². The lowest BCUT2D eigenvalue weighted by Gasteiger charge is -2.22. The molecule has 3 aromatic rings. The Bertz CT molecular complexity index is 1260. The molecule has 0 saturated carbocycles. The summed E-state index contributed by atoms with van der Waals surface area (Å²) in [6, 6.07) is 14.7. The van der Waals surface area contributed by atoms with Crippen LogP contribution in [0.4, 0.5) is 0 Å². The first-order chi connectivity index (χ1) is 14.8. The molecule has 31 heavy (non-hydrogen) atoms. The number of nitrogens with zero attached hydrogens (tertiary/aromatic N) is 2. The first kappa shape index (κ1) is 20.5. The number of nitrogens with one attached hydrogen (secondary N) is 1. The molecule has 0 aliphatic carbocycles. The summed E-state index contributed by atoms with van der Waals surface area (Å²) >= 11 is 0. The van der Waals surface area contributed by atoms with Crippen LogP contribution in [-0.2, 0) is 9.59 Å². The Hall–Kier alpha value is -3.74. The summed E-state index contributed by atoms with van der Waals surface area (Å²) in [6.45, 7) is 3.90. The highest BCUT2D eigenvalue weighted by atomic mass is 16.4. The van der Waals surface area contributed by atoms with Crippen molar-refractivity contribution in [3.8, 4) is 0 Å². The number of rotatable bonds is 5. The number of carboxylic acids is 1. The van der Waals surface area contributed by atoms with Crippen molar-refractivity contribution >= 4 is 28.5 Å². The molecule has 7 nitrogen and oxygen atoms in total. The predicted octanol–water partition coefficient (Wildman–Crippen LogP) is 2.35. The quantitative estimate of drug-likeness (QED) is 0.689. The first-order valence-electron chi connectivity index (χ1n) is 10.1. The number of aromatic amines is 1. The number of pyridine rings is 1. The van der Waals surface area contributed by atoms with Crippen LogP contribution in [0.3, 0.4) is 0 Å². The summed E-state index contributed by atoms with van der Waals surface area (Å²) in [6.07, 6.45) is -0.278. The average molecular weight is 416 g/mol. The molecule has 0 bridgehead atoms. The van der Waals surface area contributed by atoms with Crippen LogP contribution in [0.15, 0.2) is 58.4 Å². The highest BCUT2D eigenvalue weighted by Gasteiger charge is 2.34. The fourth-order valence-electron chi connectivity index (χ4n) is 3.87. The zero-order valence-electron chi connectivity index (χ0n) is 17.3. The molecule has 1 aromatic heterocycles. The van der Waals surface area contributed by atoms with E-state index in [1.165, 1.54) is 5.01 Å². The number of amides is 1. The molecule has 2 aromatic carbocycles. The monoisotopic (exact) mass is 416 g/mol. The van der Waals surface area contributed by atoms with E-state index >= 15 is 0 Å². The van der Waals surface area contributed by atoms with Gasteiger partial charge in [0.2, 0.25) is 5.91 Å². The molecule has 0 saturated heterocycles. The van der Waals surface area contributed by atoms with Gasteiger partial charge in [-0.2, -0.15) is 5.10 Å². The number of H-pyrrole nitrogens is 1. The van der Waals surface area contributed by atoms with E-state index in [2.05, 4.69) is 10.1 Å². The van der Waals surface area contributed by atoms with Gasteiger partial charge in [0.1, 0.15) is 0 Å². The SMILES string of the molecule is Cc1ccc(C2=NN(C(=O)CCC(=O)[O-])[C@H](c3cc4cccc(C)c4[nH]c3=O)C2)cc1. The van der Waals surface area contributed by atoms with Gasteiger partial charge in [-0.3, -0.25) is 9.59 Å². The molecular weight excluding hydrogens is 394 g/mol. The summed E-state index contributed by atoms with van der Waals surface area (Å²) in [7, 11) is 0. The molecule has 1 N–H and O–H groups in total. The second kappa shape index (κ2) is 8.18. The smallest absolute Gasteiger partial charge is 0.253 e. The number of aryl methyl sites for hydroxylation is 2. The Morgan fingerprint density at radius 3 is 2.58 bits per heavy atom. The molecule has 1 aliphatic rings. The van der Waals surface area contributed by atoms with Crippen molar-refractivity contribution in [2.24, 2.45) is 5.10 Å². The van der Waals surface area contributed by atoms with Crippen molar-refractivity contribution in [3.05, 3.63) is 81.1 Å².